The monoisotopic (exact) mass is 294 g/mol. The van der Waals surface area contributed by atoms with Crippen LogP contribution in [0.4, 0.5) is 5.69 Å². The van der Waals surface area contributed by atoms with E-state index in [1.165, 1.54) is 12.8 Å². The lowest BCUT2D eigenvalue weighted by Gasteiger charge is -2.33. The number of anilines is 1. The lowest BCUT2D eigenvalue weighted by atomic mass is 10.0. The van der Waals surface area contributed by atoms with E-state index in [2.05, 4.69) is 17.1 Å². The maximum Gasteiger partial charge on any atom is 0.173 e. The third-order valence-electron chi connectivity index (χ3n) is 3.55. The Morgan fingerprint density at radius 2 is 1.90 bits per heavy atom. The second-order valence-corrected chi connectivity index (χ2v) is 5.61. The number of ether oxygens (including phenoxy) is 2. The number of piperidine rings is 1. The first kappa shape index (κ1) is 14.9. The van der Waals surface area contributed by atoms with E-state index in [1.807, 2.05) is 18.2 Å². The molecule has 1 atom stereocenters. The summed E-state index contributed by atoms with van der Waals surface area (Å²) in [5, 5.41) is 4.05. The predicted molar refractivity (Wildman–Crippen MR) is 85.7 cm³/mol. The van der Waals surface area contributed by atoms with E-state index in [9.17, 15) is 0 Å². The molecule has 5 heteroatoms. The number of methoxy groups -OCH3 is 2. The minimum atomic E-state index is 0.698. The van der Waals surface area contributed by atoms with E-state index in [0.29, 0.717) is 5.92 Å². The minimum Gasteiger partial charge on any atom is -0.497 e. The average Bonchev–Trinajstić information content (AvgIpc) is 2.46. The Bertz CT molecular complexity index is 457. The standard InChI is InChI=1S/C15H22N2O2S/c1-11-5-4-6-17(10-11)15(20)16-12-7-13(18-2)9-14(8-12)19-3/h7-9,11H,4-6,10H2,1-3H3,(H,16,20)/t11-/m1/s1. The summed E-state index contributed by atoms with van der Waals surface area (Å²) in [5.41, 5.74) is 0.893. The van der Waals surface area contributed by atoms with Crippen molar-refractivity contribution in [1.82, 2.24) is 4.90 Å². The van der Waals surface area contributed by atoms with Gasteiger partial charge in [0.2, 0.25) is 0 Å². The first-order valence-corrected chi connectivity index (χ1v) is 7.32. The Hall–Kier alpha value is -1.49. The Labute approximate surface area is 126 Å². The van der Waals surface area contributed by atoms with E-state index in [0.717, 1.165) is 35.4 Å². The largest absolute Gasteiger partial charge is 0.497 e. The Morgan fingerprint density at radius 3 is 2.45 bits per heavy atom. The number of benzene rings is 1. The van der Waals surface area contributed by atoms with Crippen LogP contribution in [0.2, 0.25) is 0 Å². The van der Waals surface area contributed by atoms with Crippen LogP contribution in [0.15, 0.2) is 18.2 Å². The Kier molecular flexibility index (Phi) is 5.06. The summed E-state index contributed by atoms with van der Waals surface area (Å²) in [7, 11) is 3.28. The van der Waals surface area contributed by atoms with Gasteiger partial charge in [-0.25, -0.2) is 0 Å². The molecule has 0 amide bonds. The number of rotatable bonds is 3. The van der Waals surface area contributed by atoms with Crippen molar-refractivity contribution in [3.63, 3.8) is 0 Å². The fraction of sp³-hybridized carbons (Fsp3) is 0.533. The summed E-state index contributed by atoms with van der Waals surface area (Å²) >= 11 is 5.50. The van der Waals surface area contributed by atoms with Crippen LogP contribution in [0.3, 0.4) is 0 Å². The maximum absolute atomic E-state index is 5.50. The second-order valence-electron chi connectivity index (χ2n) is 5.22. The van der Waals surface area contributed by atoms with Crippen molar-refractivity contribution in [2.45, 2.75) is 19.8 Å². The van der Waals surface area contributed by atoms with Gasteiger partial charge in [0.15, 0.2) is 5.11 Å². The molecule has 1 N–H and O–H groups in total. The molecule has 0 saturated carbocycles. The molecule has 1 heterocycles. The lowest BCUT2D eigenvalue weighted by Crippen LogP contribution is -2.41. The molecule has 0 spiro atoms. The van der Waals surface area contributed by atoms with E-state index < -0.39 is 0 Å². The smallest absolute Gasteiger partial charge is 0.173 e. The summed E-state index contributed by atoms with van der Waals surface area (Å²) in [5.74, 6) is 2.20. The van der Waals surface area contributed by atoms with Crippen LogP contribution in [0, 0.1) is 5.92 Å². The van der Waals surface area contributed by atoms with E-state index in [-0.39, 0.29) is 0 Å². The zero-order valence-corrected chi connectivity index (χ0v) is 13.1. The molecule has 110 valence electrons. The van der Waals surface area contributed by atoms with Crippen molar-refractivity contribution in [1.29, 1.82) is 0 Å². The highest BCUT2D eigenvalue weighted by molar-refractivity contribution is 7.80. The van der Waals surface area contributed by atoms with Crippen molar-refractivity contribution >= 4 is 23.0 Å². The second kappa shape index (κ2) is 6.79. The first-order valence-electron chi connectivity index (χ1n) is 6.91. The van der Waals surface area contributed by atoms with E-state index in [1.54, 1.807) is 14.2 Å². The van der Waals surface area contributed by atoms with Crippen LogP contribution in [-0.2, 0) is 0 Å². The highest BCUT2D eigenvalue weighted by atomic mass is 32.1. The fourth-order valence-electron chi connectivity index (χ4n) is 2.46. The molecular weight excluding hydrogens is 272 g/mol. The SMILES string of the molecule is COc1cc(NC(=S)N2CCC[C@@H](C)C2)cc(OC)c1. The number of hydrogen-bond donors (Lipinski definition) is 1. The Morgan fingerprint density at radius 1 is 1.25 bits per heavy atom. The van der Waals surface area contributed by atoms with Gasteiger partial charge in [-0.1, -0.05) is 6.92 Å². The van der Waals surface area contributed by atoms with Crippen molar-refractivity contribution in [3.8, 4) is 11.5 Å². The lowest BCUT2D eigenvalue weighted by molar-refractivity contribution is 0.276. The zero-order valence-electron chi connectivity index (χ0n) is 12.3. The molecule has 1 fully saturated rings. The summed E-state index contributed by atoms with van der Waals surface area (Å²) in [6.45, 7) is 4.31. The molecule has 0 unspecified atom stereocenters. The molecule has 1 aromatic rings. The van der Waals surface area contributed by atoms with Gasteiger partial charge >= 0.3 is 0 Å². The highest BCUT2D eigenvalue weighted by Crippen LogP contribution is 2.26. The molecule has 0 aromatic heterocycles. The molecule has 0 aliphatic carbocycles. The molecule has 1 aliphatic heterocycles. The van der Waals surface area contributed by atoms with Crippen LogP contribution in [-0.4, -0.2) is 37.3 Å². The van der Waals surface area contributed by atoms with Gasteiger partial charge in [-0.2, -0.15) is 0 Å². The fourth-order valence-corrected chi connectivity index (χ4v) is 2.74. The molecule has 1 aliphatic rings. The summed E-state index contributed by atoms with van der Waals surface area (Å²) in [6, 6.07) is 5.68. The number of nitrogens with zero attached hydrogens (tertiary/aromatic N) is 1. The van der Waals surface area contributed by atoms with E-state index in [4.69, 9.17) is 21.7 Å². The zero-order chi connectivity index (χ0) is 14.5. The number of thiocarbonyl (C=S) groups is 1. The van der Waals surface area contributed by atoms with Crippen molar-refractivity contribution in [3.05, 3.63) is 18.2 Å². The summed E-state index contributed by atoms with van der Waals surface area (Å²) in [6.07, 6.45) is 2.48. The van der Waals surface area contributed by atoms with Crippen LogP contribution in [0.25, 0.3) is 0 Å². The van der Waals surface area contributed by atoms with Crippen LogP contribution in [0.5, 0.6) is 11.5 Å². The van der Waals surface area contributed by atoms with Crippen LogP contribution in [0.1, 0.15) is 19.8 Å². The minimum absolute atomic E-state index is 0.698. The van der Waals surface area contributed by atoms with Crippen molar-refractivity contribution in [2.75, 3.05) is 32.6 Å². The molecule has 0 bridgehead atoms. The first-order chi connectivity index (χ1) is 9.62. The topological polar surface area (TPSA) is 33.7 Å². The number of likely N-dealkylation sites (tertiary alicyclic amines) is 1. The van der Waals surface area contributed by atoms with Crippen molar-refractivity contribution in [2.24, 2.45) is 5.92 Å². The predicted octanol–water partition coefficient (Wildman–Crippen LogP) is 3.13. The van der Waals surface area contributed by atoms with E-state index >= 15 is 0 Å². The van der Waals surface area contributed by atoms with Gasteiger partial charge in [0, 0.05) is 37.0 Å². The third kappa shape index (κ3) is 3.76. The molecular formula is C15H22N2O2S. The Balaban J connectivity index is 2.06. The van der Waals surface area contributed by atoms with Crippen molar-refractivity contribution < 1.29 is 9.47 Å². The number of nitrogens with one attached hydrogen (secondary N) is 1. The molecule has 4 nitrogen and oxygen atoms in total. The molecule has 1 saturated heterocycles. The van der Waals surface area contributed by atoms with Crippen LogP contribution >= 0.6 is 12.2 Å². The summed E-state index contributed by atoms with van der Waals surface area (Å²) in [4.78, 5) is 2.23. The van der Waals surface area contributed by atoms with Gasteiger partial charge in [0.25, 0.3) is 0 Å². The quantitative estimate of drug-likeness (QED) is 0.866. The van der Waals surface area contributed by atoms with Gasteiger partial charge in [0.05, 0.1) is 14.2 Å². The molecule has 2 rings (SSSR count). The van der Waals surface area contributed by atoms with Crippen LogP contribution < -0.4 is 14.8 Å². The molecule has 0 radical (unpaired) electrons. The van der Waals surface area contributed by atoms with Gasteiger partial charge in [-0.15, -0.1) is 0 Å². The maximum atomic E-state index is 5.50. The summed E-state index contributed by atoms with van der Waals surface area (Å²) < 4.78 is 10.5. The van der Waals surface area contributed by atoms with Gasteiger partial charge in [-0.3, -0.25) is 0 Å². The molecule has 20 heavy (non-hydrogen) atoms. The highest BCUT2D eigenvalue weighted by Gasteiger charge is 2.18. The third-order valence-corrected chi connectivity index (χ3v) is 3.91. The average molecular weight is 294 g/mol. The van der Waals surface area contributed by atoms with Gasteiger partial charge < -0.3 is 19.7 Å². The van der Waals surface area contributed by atoms with Gasteiger partial charge in [-0.05, 0) is 31.0 Å². The normalized spacial score (nSPS) is 18.6. The number of hydrogen-bond acceptors (Lipinski definition) is 3. The molecule has 1 aromatic carbocycles. The van der Waals surface area contributed by atoms with Gasteiger partial charge in [0.1, 0.15) is 11.5 Å².